The number of nitrogens with one attached hydrogen (secondary N) is 2. The molecule has 1 saturated carbocycles. The number of halogens is 1. The Morgan fingerprint density at radius 1 is 1.48 bits per heavy atom. The molecule has 2 N–H and O–H groups in total. The van der Waals surface area contributed by atoms with Crippen molar-refractivity contribution in [2.45, 2.75) is 45.3 Å². The van der Waals surface area contributed by atoms with Crippen LogP contribution in [0, 0.1) is 0 Å². The first-order valence-electron chi connectivity index (χ1n) is 9.83. The zero-order chi connectivity index (χ0) is 21.0. The Bertz CT molecular complexity index is 874. The van der Waals surface area contributed by atoms with Gasteiger partial charge in [-0.05, 0) is 50.0 Å². The van der Waals surface area contributed by atoms with Crippen LogP contribution in [0.2, 0.25) is 0 Å². The maximum absolute atomic E-state index is 13.1. The fourth-order valence-corrected chi connectivity index (χ4v) is 3.37. The lowest BCUT2D eigenvalue weighted by Crippen LogP contribution is -2.35. The van der Waals surface area contributed by atoms with Gasteiger partial charge >= 0.3 is 0 Å². The third kappa shape index (κ3) is 4.72. The first-order chi connectivity index (χ1) is 14.0. The number of pyridine rings is 1. The highest BCUT2D eigenvalue weighted by atomic mass is 19.1. The van der Waals surface area contributed by atoms with E-state index in [-0.39, 0.29) is 18.5 Å². The molecule has 0 aromatic carbocycles. The van der Waals surface area contributed by atoms with E-state index >= 15 is 0 Å². The number of alkyl halides is 1. The highest BCUT2D eigenvalue weighted by molar-refractivity contribution is 5.99. The molecule has 1 fully saturated rings. The SMILES string of the molecule is C=C(NC1CC1)c1nccc2c1CN(C(C)C(C=C(C)C=O)=CNCCF)C2=O. The first kappa shape index (κ1) is 20.8. The van der Waals surface area contributed by atoms with Gasteiger partial charge in [0.05, 0.1) is 17.4 Å². The van der Waals surface area contributed by atoms with Crippen molar-refractivity contribution < 1.29 is 14.0 Å². The zero-order valence-corrected chi connectivity index (χ0v) is 16.9. The average molecular weight is 398 g/mol. The Hall–Kier alpha value is -2.96. The molecule has 1 aromatic heterocycles. The molecule has 1 amide bonds. The van der Waals surface area contributed by atoms with Gasteiger partial charge in [-0.3, -0.25) is 14.6 Å². The lowest BCUT2D eigenvalue weighted by atomic mass is 10.1. The molecule has 154 valence electrons. The van der Waals surface area contributed by atoms with Crippen LogP contribution in [0.5, 0.6) is 0 Å². The summed E-state index contributed by atoms with van der Waals surface area (Å²) in [5.74, 6) is -0.0936. The van der Waals surface area contributed by atoms with Crippen LogP contribution in [0.25, 0.3) is 5.70 Å². The van der Waals surface area contributed by atoms with Crippen LogP contribution in [0.4, 0.5) is 4.39 Å². The van der Waals surface area contributed by atoms with Crippen molar-refractivity contribution in [2.24, 2.45) is 0 Å². The predicted octanol–water partition coefficient (Wildman–Crippen LogP) is 2.74. The van der Waals surface area contributed by atoms with Crippen LogP contribution in [0.1, 0.15) is 48.3 Å². The summed E-state index contributed by atoms with van der Waals surface area (Å²) in [6.45, 7) is 7.75. The minimum absolute atomic E-state index is 0.0936. The summed E-state index contributed by atoms with van der Waals surface area (Å²) in [7, 11) is 0. The van der Waals surface area contributed by atoms with Crippen molar-refractivity contribution in [3.63, 3.8) is 0 Å². The molecule has 7 heteroatoms. The van der Waals surface area contributed by atoms with E-state index in [1.807, 2.05) is 6.92 Å². The van der Waals surface area contributed by atoms with Crippen molar-refractivity contribution in [3.8, 4) is 0 Å². The van der Waals surface area contributed by atoms with Gasteiger partial charge in [-0.25, -0.2) is 4.39 Å². The van der Waals surface area contributed by atoms with E-state index in [1.54, 1.807) is 36.4 Å². The van der Waals surface area contributed by atoms with Gasteiger partial charge in [0.1, 0.15) is 13.0 Å². The van der Waals surface area contributed by atoms with Crippen LogP contribution >= 0.6 is 0 Å². The maximum atomic E-state index is 13.1. The first-order valence-corrected chi connectivity index (χ1v) is 9.83. The number of amides is 1. The zero-order valence-electron chi connectivity index (χ0n) is 16.9. The Morgan fingerprint density at radius 3 is 2.90 bits per heavy atom. The van der Waals surface area contributed by atoms with Crippen molar-refractivity contribution in [1.29, 1.82) is 0 Å². The number of aldehydes is 1. The third-order valence-corrected chi connectivity index (χ3v) is 5.15. The summed E-state index contributed by atoms with van der Waals surface area (Å²) in [6, 6.07) is 1.87. The maximum Gasteiger partial charge on any atom is 0.255 e. The van der Waals surface area contributed by atoms with E-state index in [2.05, 4.69) is 22.2 Å². The molecule has 0 radical (unpaired) electrons. The minimum Gasteiger partial charge on any atom is -0.388 e. The molecule has 0 bridgehead atoms. The van der Waals surface area contributed by atoms with Crippen LogP contribution in [-0.4, -0.2) is 47.4 Å². The fraction of sp³-hybridized carbons (Fsp3) is 0.409. The van der Waals surface area contributed by atoms with E-state index in [4.69, 9.17) is 0 Å². The smallest absolute Gasteiger partial charge is 0.255 e. The minimum atomic E-state index is -0.506. The lowest BCUT2D eigenvalue weighted by Gasteiger charge is -2.26. The summed E-state index contributed by atoms with van der Waals surface area (Å²) in [5.41, 5.74) is 4.19. The average Bonchev–Trinajstić information content (AvgIpc) is 3.47. The Kier molecular flexibility index (Phi) is 6.46. The number of carbonyl (C=O) groups excluding carboxylic acids is 2. The highest BCUT2D eigenvalue weighted by Crippen LogP contribution is 2.32. The molecule has 1 aromatic rings. The van der Waals surface area contributed by atoms with Gasteiger partial charge in [0.25, 0.3) is 5.91 Å². The Balaban J connectivity index is 1.86. The fourth-order valence-electron chi connectivity index (χ4n) is 3.37. The van der Waals surface area contributed by atoms with Gasteiger partial charge in [0.15, 0.2) is 0 Å². The van der Waals surface area contributed by atoms with Gasteiger partial charge in [-0.15, -0.1) is 0 Å². The second kappa shape index (κ2) is 9.03. The molecular weight excluding hydrogens is 371 g/mol. The topological polar surface area (TPSA) is 74.3 Å². The molecule has 0 saturated heterocycles. The standard InChI is InChI=1S/C22H27FN4O2/c1-14(13-28)10-17(11-24-9-7-23)16(3)27-12-20-19(22(27)29)6-8-25-21(20)15(2)26-18-4-5-18/h6,8,10-11,13,16,18,24,26H,2,4-5,7,9,12H2,1,3H3. The van der Waals surface area contributed by atoms with Crippen molar-refractivity contribution >= 4 is 17.9 Å². The molecule has 1 unspecified atom stereocenters. The molecule has 2 aliphatic rings. The lowest BCUT2D eigenvalue weighted by molar-refractivity contribution is -0.104. The molecule has 29 heavy (non-hydrogen) atoms. The van der Waals surface area contributed by atoms with Crippen LogP contribution in [0.15, 0.2) is 42.3 Å². The summed E-state index contributed by atoms with van der Waals surface area (Å²) >= 11 is 0. The van der Waals surface area contributed by atoms with Crippen LogP contribution < -0.4 is 10.6 Å². The van der Waals surface area contributed by atoms with E-state index in [1.165, 1.54) is 0 Å². The third-order valence-electron chi connectivity index (χ3n) is 5.15. The number of rotatable bonds is 10. The second-order valence-corrected chi connectivity index (χ2v) is 7.49. The van der Waals surface area contributed by atoms with Gasteiger partial charge < -0.3 is 15.5 Å². The molecule has 0 spiro atoms. The number of nitrogens with zero attached hydrogens (tertiary/aromatic N) is 2. The summed E-state index contributed by atoms with van der Waals surface area (Å²) in [5, 5.41) is 6.25. The number of hydrogen-bond acceptors (Lipinski definition) is 5. The van der Waals surface area contributed by atoms with E-state index in [9.17, 15) is 14.0 Å². The van der Waals surface area contributed by atoms with Gasteiger partial charge in [0.2, 0.25) is 0 Å². The normalized spacial score (nSPS) is 17.8. The molecule has 1 atom stereocenters. The number of aromatic nitrogens is 1. The number of hydrogen-bond donors (Lipinski definition) is 2. The summed E-state index contributed by atoms with van der Waals surface area (Å²) < 4.78 is 12.5. The molecule has 2 heterocycles. The molecular formula is C22H27FN4O2. The Labute approximate surface area is 170 Å². The van der Waals surface area contributed by atoms with Crippen LogP contribution in [0.3, 0.4) is 0 Å². The van der Waals surface area contributed by atoms with Gasteiger partial charge in [-0.1, -0.05) is 6.58 Å². The summed E-state index contributed by atoms with van der Waals surface area (Å²) in [6.07, 6.45) is 8.02. The number of allylic oxidation sites excluding steroid dienone is 1. The quantitative estimate of drug-likeness (QED) is 0.274. The number of fused-ring (bicyclic) bond motifs is 1. The Morgan fingerprint density at radius 2 is 2.24 bits per heavy atom. The van der Waals surface area contributed by atoms with Crippen molar-refractivity contribution in [2.75, 3.05) is 13.2 Å². The second-order valence-electron chi connectivity index (χ2n) is 7.49. The number of carbonyl (C=O) groups is 2. The van der Waals surface area contributed by atoms with Crippen molar-refractivity contribution in [1.82, 2.24) is 20.5 Å². The molecule has 1 aliphatic carbocycles. The molecule has 6 nitrogen and oxygen atoms in total. The largest absolute Gasteiger partial charge is 0.388 e. The monoisotopic (exact) mass is 398 g/mol. The predicted molar refractivity (Wildman–Crippen MR) is 111 cm³/mol. The van der Waals surface area contributed by atoms with Crippen LogP contribution in [-0.2, 0) is 11.3 Å². The van der Waals surface area contributed by atoms with Gasteiger partial charge in [0, 0.05) is 42.7 Å². The van der Waals surface area contributed by atoms with E-state index in [0.29, 0.717) is 23.7 Å². The van der Waals surface area contributed by atoms with Crippen molar-refractivity contribution in [3.05, 3.63) is 59.1 Å². The molecule has 3 rings (SSSR count). The van der Waals surface area contributed by atoms with E-state index in [0.717, 1.165) is 41.7 Å². The molecule has 1 aliphatic heterocycles. The summed E-state index contributed by atoms with van der Waals surface area (Å²) in [4.78, 5) is 30.4. The van der Waals surface area contributed by atoms with E-state index < -0.39 is 6.67 Å². The highest BCUT2D eigenvalue weighted by Gasteiger charge is 2.35. The van der Waals surface area contributed by atoms with Gasteiger partial charge in [-0.2, -0.15) is 0 Å².